The van der Waals surface area contributed by atoms with E-state index in [1.54, 1.807) is 0 Å². The molecule has 2 atom stereocenters. The van der Waals surface area contributed by atoms with Gasteiger partial charge < -0.3 is 14.7 Å². The zero-order chi connectivity index (χ0) is 11.5. The second kappa shape index (κ2) is 5.28. The van der Waals surface area contributed by atoms with Crippen LogP contribution in [-0.2, 0) is 4.74 Å². The second-order valence-electron chi connectivity index (χ2n) is 5.09. The molecule has 1 saturated heterocycles. The van der Waals surface area contributed by atoms with Crippen molar-refractivity contribution in [3.8, 4) is 0 Å². The lowest BCUT2D eigenvalue weighted by Crippen LogP contribution is -2.47. The largest absolute Gasteiger partial charge is 0.393 e. The molecular formula is C12H25NO2. The standard InChI is InChI=1S/C12H25NO2/c1-5-13(6-2)8-10-9-15-12(3,4)7-11(10)14/h10-11,14H,5-9H2,1-4H3/t10-,11+/m0/s1. The third kappa shape index (κ3) is 3.74. The van der Waals surface area contributed by atoms with E-state index >= 15 is 0 Å². The Labute approximate surface area is 93.4 Å². The van der Waals surface area contributed by atoms with Crippen LogP contribution in [0.1, 0.15) is 34.1 Å². The van der Waals surface area contributed by atoms with E-state index in [2.05, 4.69) is 18.7 Å². The van der Waals surface area contributed by atoms with Crippen LogP contribution in [0.2, 0.25) is 0 Å². The number of nitrogens with zero attached hydrogens (tertiary/aromatic N) is 1. The fraction of sp³-hybridized carbons (Fsp3) is 1.00. The molecule has 0 aromatic carbocycles. The third-order valence-electron chi connectivity index (χ3n) is 3.32. The monoisotopic (exact) mass is 215 g/mol. The fourth-order valence-corrected chi connectivity index (χ4v) is 2.16. The molecule has 0 aromatic heterocycles. The molecule has 0 aliphatic carbocycles. The lowest BCUT2D eigenvalue weighted by Gasteiger charge is -2.40. The van der Waals surface area contributed by atoms with Crippen molar-refractivity contribution < 1.29 is 9.84 Å². The minimum absolute atomic E-state index is 0.154. The molecule has 1 aliphatic rings. The normalized spacial score (nSPS) is 30.8. The molecule has 1 fully saturated rings. The lowest BCUT2D eigenvalue weighted by atomic mass is 9.88. The summed E-state index contributed by atoms with van der Waals surface area (Å²) in [5, 5.41) is 10.0. The molecule has 0 spiro atoms. The van der Waals surface area contributed by atoms with Crippen molar-refractivity contribution in [2.24, 2.45) is 5.92 Å². The maximum absolute atomic E-state index is 10.0. The van der Waals surface area contributed by atoms with E-state index in [1.165, 1.54) is 0 Å². The van der Waals surface area contributed by atoms with Gasteiger partial charge in [0.25, 0.3) is 0 Å². The predicted molar refractivity (Wildman–Crippen MR) is 61.9 cm³/mol. The molecule has 0 radical (unpaired) electrons. The number of rotatable bonds is 4. The minimum atomic E-state index is -0.214. The molecule has 1 N–H and O–H groups in total. The fourth-order valence-electron chi connectivity index (χ4n) is 2.16. The minimum Gasteiger partial charge on any atom is -0.393 e. The van der Waals surface area contributed by atoms with Crippen LogP contribution in [0.4, 0.5) is 0 Å². The first-order chi connectivity index (χ1) is 6.98. The average molecular weight is 215 g/mol. The Hall–Kier alpha value is -0.120. The summed E-state index contributed by atoms with van der Waals surface area (Å²) in [6.45, 7) is 12.1. The number of ether oxygens (including phenoxy) is 1. The Balaban J connectivity index is 2.44. The molecule has 0 aromatic rings. The third-order valence-corrected chi connectivity index (χ3v) is 3.32. The van der Waals surface area contributed by atoms with Crippen molar-refractivity contribution in [3.63, 3.8) is 0 Å². The van der Waals surface area contributed by atoms with E-state index in [-0.39, 0.29) is 17.6 Å². The number of hydrogen-bond donors (Lipinski definition) is 1. The highest BCUT2D eigenvalue weighted by atomic mass is 16.5. The predicted octanol–water partition coefficient (Wildman–Crippen LogP) is 1.50. The molecule has 3 nitrogen and oxygen atoms in total. The second-order valence-corrected chi connectivity index (χ2v) is 5.09. The van der Waals surface area contributed by atoms with Crippen LogP contribution in [0, 0.1) is 5.92 Å². The van der Waals surface area contributed by atoms with Gasteiger partial charge in [0.05, 0.1) is 18.3 Å². The molecule has 1 heterocycles. The lowest BCUT2D eigenvalue weighted by molar-refractivity contribution is -0.133. The summed E-state index contributed by atoms with van der Waals surface area (Å²) in [6.07, 6.45) is 0.535. The van der Waals surface area contributed by atoms with Gasteiger partial charge in [0.2, 0.25) is 0 Å². The number of aliphatic hydroxyl groups is 1. The van der Waals surface area contributed by atoms with E-state index in [1.807, 2.05) is 13.8 Å². The summed E-state index contributed by atoms with van der Waals surface area (Å²) in [7, 11) is 0. The first-order valence-corrected chi connectivity index (χ1v) is 6.03. The maximum atomic E-state index is 10.0. The summed E-state index contributed by atoms with van der Waals surface area (Å²) in [6, 6.07) is 0. The van der Waals surface area contributed by atoms with Crippen LogP contribution in [-0.4, -0.2) is 48.0 Å². The van der Waals surface area contributed by atoms with Crippen molar-refractivity contribution in [3.05, 3.63) is 0 Å². The van der Waals surface area contributed by atoms with Crippen LogP contribution < -0.4 is 0 Å². The van der Waals surface area contributed by atoms with Crippen LogP contribution in [0.15, 0.2) is 0 Å². The summed E-state index contributed by atoms with van der Waals surface area (Å²) in [5.74, 6) is 0.276. The molecular weight excluding hydrogens is 190 g/mol. The van der Waals surface area contributed by atoms with E-state index in [4.69, 9.17) is 4.74 Å². The van der Waals surface area contributed by atoms with Gasteiger partial charge in [-0.2, -0.15) is 0 Å². The molecule has 15 heavy (non-hydrogen) atoms. The average Bonchev–Trinajstić information content (AvgIpc) is 2.16. The molecule has 1 aliphatic heterocycles. The van der Waals surface area contributed by atoms with Gasteiger partial charge in [0.15, 0.2) is 0 Å². The Morgan fingerprint density at radius 1 is 1.33 bits per heavy atom. The van der Waals surface area contributed by atoms with E-state index in [0.717, 1.165) is 26.1 Å². The van der Waals surface area contributed by atoms with Crippen LogP contribution in [0.3, 0.4) is 0 Å². The highest BCUT2D eigenvalue weighted by molar-refractivity contribution is 4.85. The van der Waals surface area contributed by atoms with Gasteiger partial charge in [-0.15, -0.1) is 0 Å². The van der Waals surface area contributed by atoms with Gasteiger partial charge in [-0.05, 0) is 26.9 Å². The Morgan fingerprint density at radius 3 is 2.40 bits per heavy atom. The van der Waals surface area contributed by atoms with Crippen LogP contribution in [0.5, 0.6) is 0 Å². The number of aliphatic hydroxyl groups excluding tert-OH is 1. The first-order valence-electron chi connectivity index (χ1n) is 6.03. The highest BCUT2D eigenvalue weighted by Gasteiger charge is 2.34. The van der Waals surface area contributed by atoms with Gasteiger partial charge in [-0.3, -0.25) is 0 Å². The molecule has 3 heteroatoms. The van der Waals surface area contributed by atoms with Crippen LogP contribution in [0.25, 0.3) is 0 Å². The molecule has 90 valence electrons. The van der Waals surface area contributed by atoms with Crippen molar-refractivity contribution in [1.29, 1.82) is 0 Å². The molecule has 0 bridgehead atoms. The Kier molecular flexibility index (Phi) is 4.56. The van der Waals surface area contributed by atoms with Gasteiger partial charge in [-0.1, -0.05) is 13.8 Å². The van der Waals surface area contributed by atoms with E-state index < -0.39 is 0 Å². The molecule has 0 unspecified atom stereocenters. The van der Waals surface area contributed by atoms with Gasteiger partial charge >= 0.3 is 0 Å². The van der Waals surface area contributed by atoms with Crippen molar-refractivity contribution in [1.82, 2.24) is 4.90 Å². The quantitative estimate of drug-likeness (QED) is 0.771. The Morgan fingerprint density at radius 2 is 1.93 bits per heavy atom. The summed E-state index contributed by atoms with van der Waals surface area (Å²) < 4.78 is 5.75. The maximum Gasteiger partial charge on any atom is 0.0651 e. The van der Waals surface area contributed by atoms with E-state index in [9.17, 15) is 5.11 Å². The van der Waals surface area contributed by atoms with Crippen molar-refractivity contribution in [2.75, 3.05) is 26.2 Å². The summed E-state index contributed by atoms with van der Waals surface area (Å²) in [4.78, 5) is 2.34. The molecule has 1 rings (SSSR count). The van der Waals surface area contributed by atoms with Gasteiger partial charge in [-0.25, -0.2) is 0 Å². The summed E-state index contributed by atoms with van der Waals surface area (Å²) >= 11 is 0. The molecule has 0 saturated carbocycles. The SMILES string of the molecule is CCN(CC)C[C@H]1COC(C)(C)C[C@H]1O. The van der Waals surface area contributed by atoms with E-state index in [0.29, 0.717) is 6.61 Å². The zero-order valence-electron chi connectivity index (χ0n) is 10.5. The highest BCUT2D eigenvalue weighted by Crippen LogP contribution is 2.28. The topological polar surface area (TPSA) is 32.7 Å². The van der Waals surface area contributed by atoms with Gasteiger partial charge in [0, 0.05) is 18.9 Å². The first kappa shape index (κ1) is 12.9. The van der Waals surface area contributed by atoms with Crippen LogP contribution >= 0.6 is 0 Å². The molecule has 0 amide bonds. The van der Waals surface area contributed by atoms with Crippen molar-refractivity contribution >= 4 is 0 Å². The number of hydrogen-bond acceptors (Lipinski definition) is 3. The zero-order valence-corrected chi connectivity index (χ0v) is 10.5. The Bertz CT molecular complexity index is 190. The van der Waals surface area contributed by atoms with Crippen molar-refractivity contribution in [2.45, 2.75) is 45.8 Å². The van der Waals surface area contributed by atoms with Gasteiger partial charge in [0.1, 0.15) is 0 Å². The smallest absolute Gasteiger partial charge is 0.0651 e. The summed E-state index contributed by atoms with van der Waals surface area (Å²) in [5.41, 5.74) is -0.154.